The first-order valence-electron chi connectivity index (χ1n) is 5.32. The van der Waals surface area contributed by atoms with Crippen molar-refractivity contribution < 1.29 is 4.79 Å². The first-order chi connectivity index (χ1) is 6.70. The van der Waals surface area contributed by atoms with Crippen LogP contribution in [0.25, 0.3) is 0 Å². The van der Waals surface area contributed by atoms with Crippen molar-refractivity contribution in [3.8, 4) is 0 Å². The van der Waals surface area contributed by atoms with E-state index < -0.39 is 0 Å². The third-order valence-electron chi connectivity index (χ3n) is 3.25. The molecule has 74 valence electrons. The number of ketones is 1. The summed E-state index contributed by atoms with van der Waals surface area (Å²) in [5.41, 5.74) is 4.90. The molecule has 0 saturated carbocycles. The van der Waals surface area contributed by atoms with Crippen molar-refractivity contribution in [2.75, 3.05) is 0 Å². The highest BCUT2D eigenvalue weighted by Gasteiger charge is 2.17. The minimum absolute atomic E-state index is 0.334. The molecule has 0 aromatic heterocycles. The molecular weight excluding hydrogens is 172 g/mol. The van der Waals surface area contributed by atoms with Crippen LogP contribution in [0.4, 0.5) is 0 Å². The van der Waals surface area contributed by atoms with Crippen molar-refractivity contribution in [2.45, 2.75) is 39.5 Å². The maximum absolute atomic E-state index is 11.8. The van der Waals surface area contributed by atoms with E-state index in [9.17, 15) is 4.79 Å². The summed E-state index contributed by atoms with van der Waals surface area (Å²) in [6, 6.07) is 4.07. The lowest BCUT2D eigenvalue weighted by atomic mass is 9.94. The van der Waals surface area contributed by atoms with E-state index in [4.69, 9.17) is 0 Å². The third-order valence-corrected chi connectivity index (χ3v) is 3.25. The summed E-state index contributed by atoms with van der Waals surface area (Å²) < 4.78 is 0. The Morgan fingerprint density at radius 2 is 1.79 bits per heavy atom. The van der Waals surface area contributed by atoms with E-state index in [1.54, 1.807) is 0 Å². The van der Waals surface area contributed by atoms with Gasteiger partial charge in [0.25, 0.3) is 0 Å². The molecule has 0 spiro atoms. The fraction of sp³-hybridized carbons (Fsp3) is 0.462. The van der Waals surface area contributed by atoms with Gasteiger partial charge in [-0.25, -0.2) is 0 Å². The minimum Gasteiger partial charge on any atom is -0.294 e. The lowest BCUT2D eigenvalue weighted by molar-refractivity contribution is 0.0982. The highest BCUT2D eigenvalue weighted by Crippen LogP contribution is 2.25. The van der Waals surface area contributed by atoms with Crippen LogP contribution in [-0.2, 0) is 6.42 Å². The maximum Gasteiger partial charge on any atom is 0.163 e. The topological polar surface area (TPSA) is 17.1 Å². The van der Waals surface area contributed by atoms with Crippen LogP contribution < -0.4 is 0 Å². The number of hydrogen-bond acceptors (Lipinski definition) is 1. The number of aryl methyl sites for hydroxylation is 1. The molecule has 0 saturated heterocycles. The Bertz CT molecular complexity index is 377. The zero-order valence-corrected chi connectivity index (χ0v) is 8.89. The number of benzene rings is 1. The van der Waals surface area contributed by atoms with Gasteiger partial charge in [-0.05, 0) is 49.8 Å². The second kappa shape index (κ2) is 3.56. The van der Waals surface area contributed by atoms with Gasteiger partial charge in [0, 0.05) is 12.0 Å². The van der Waals surface area contributed by atoms with Gasteiger partial charge in [-0.1, -0.05) is 12.1 Å². The largest absolute Gasteiger partial charge is 0.294 e. The molecule has 1 aromatic rings. The molecule has 0 N–H and O–H groups in total. The van der Waals surface area contributed by atoms with E-state index in [0.29, 0.717) is 5.78 Å². The summed E-state index contributed by atoms with van der Waals surface area (Å²) in [6.07, 6.45) is 4.01. The zero-order chi connectivity index (χ0) is 10.1. The average Bonchev–Trinajstić information content (AvgIpc) is 2.35. The zero-order valence-electron chi connectivity index (χ0n) is 8.89. The number of carbonyl (C=O) groups is 1. The van der Waals surface area contributed by atoms with Crippen molar-refractivity contribution in [1.29, 1.82) is 0 Å². The van der Waals surface area contributed by atoms with Crippen LogP contribution in [0.1, 0.15) is 46.3 Å². The fourth-order valence-electron chi connectivity index (χ4n) is 2.18. The Morgan fingerprint density at radius 3 is 2.57 bits per heavy atom. The van der Waals surface area contributed by atoms with E-state index >= 15 is 0 Å². The van der Waals surface area contributed by atoms with E-state index in [-0.39, 0.29) is 0 Å². The van der Waals surface area contributed by atoms with Gasteiger partial charge in [-0.2, -0.15) is 0 Å². The van der Waals surface area contributed by atoms with Crippen LogP contribution in [0, 0.1) is 13.8 Å². The number of Topliss-reactive ketones (excluding diaryl/α,β-unsaturated/α-hetero) is 1. The molecule has 0 bridgehead atoms. The van der Waals surface area contributed by atoms with Gasteiger partial charge in [0.2, 0.25) is 0 Å². The number of carbonyl (C=O) groups excluding carboxylic acids is 1. The molecule has 0 unspecified atom stereocenters. The number of rotatable bonds is 0. The molecule has 1 aliphatic carbocycles. The molecule has 14 heavy (non-hydrogen) atoms. The fourth-order valence-corrected chi connectivity index (χ4v) is 2.18. The van der Waals surface area contributed by atoms with Crippen molar-refractivity contribution >= 4 is 5.78 Å². The van der Waals surface area contributed by atoms with Gasteiger partial charge >= 0.3 is 0 Å². The molecule has 1 heteroatoms. The van der Waals surface area contributed by atoms with Crippen molar-refractivity contribution in [3.63, 3.8) is 0 Å². The van der Waals surface area contributed by atoms with E-state index in [1.807, 2.05) is 6.07 Å². The summed E-state index contributed by atoms with van der Waals surface area (Å²) in [6.45, 7) is 4.25. The quantitative estimate of drug-likeness (QED) is 0.571. The number of hydrogen-bond donors (Lipinski definition) is 0. The summed E-state index contributed by atoms with van der Waals surface area (Å²) in [5, 5.41) is 0. The van der Waals surface area contributed by atoms with Gasteiger partial charge in [0.15, 0.2) is 5.78 Å². The predicted molar refractivity (Wildman–Crippen MR) is 57.8 cm³/mol. The molecule has 1 aromatic carbocycles. The van der Waals surface area contributed by atoms with E-state index in [2.05, 4.69) is 19.9 Å². The summed E-state index contributed by atoms with van der Waals surface area (Å²) in [4.78, 5) is 11.8. The van der Waals surface area contributed by atoms with E-state index in [0.717, 1.165) is 31.2 Å². The minimum atomic E-state index is 0.334. The van der Waals surface area contributed by atoms with Crippen molar-refractivity contribution in [2.24, 2.45) is 0 Å². The van der Waals surface area contributed by atoms with Crippen molar-refractivity contribution in [3.05, 3.63) is 34.4 Å². The Hall–Kier alpha value is -1.11. The first kappa shape index (κ1) is 9.45. The Kier molecular flexibility index (Phi) is 2.40. The summed E-state index contributed by atoms with van der Waals surface area (Å²) >= 11 is 0. The Labute approximate surface area is 85.1 Å². The summed E-state index contributed by atoms with van der Waals surface area (Å²) in [7, 11) is 0. The molecule has 0 fully saturated rings. The molecule has 0 atom stereocenters. The monoisotopic (exact) mass is 188 g/mol. The second-order valence-corrected chi connectivity index (χ2v) is 4.16. The summed E-state index contributed by atoms with van der Waals surface area (Å²) in [5.74, 6) is 0.334. The average molecular weight is 188 g/mol. The first-order valence-corrected chi connectivity index (χ1v) is 5.32. The highest BCUT2D eigenvalue weighted by molar-refractivity contribution is 5.98. The van der Waals surface area contributed by atoms with E-state index in [1.165, 1.54) is 16.7 Å². The molecule has 0 amide bonds. The maximum atomic E-state index is 11.8. The second-order valence-electron chi connectivity index (χ2n) is 4.16. The van der Waals surface area contributed by atoms with Crippen molar-refractivity contribution in [1.82, 2.24) is 0 Å². The third kappa shape index (κ3) is 1.47. The van der Waals surface area contributed by atoms with Crippen LogP contribution in [0.3, 0.4) is 0 Å². The smallest absolute Gasteiger partial charge is 0.163 e. The van der Waals surface area contributed by atoms with Gasteiger partial charge in [0.1, 0.15) is 0 Å². The molecule has 1 aliphatic rings. The predicted octanol–water partition coefficient (Wildman–Crippen LogP) is 3.21. The van der Waals surface area contributed by atoms with Crippen LogP contribution in [0.5, 0.6) is 0 Å². The Balaban J connectivity index is 2.58. The molecule has 2 rings (SSSR count). The van der Waals surface area contributed by atoms with Gasteiger partial charge in [-0.3, -0.25) is 4.79 Å². The molecular formula is C13H16O. The molecule has 0 radical (unpaired) electrons. The van der Waals surface area contributed by atoms with Crippen LogP contribution in [-0.4, -0.2) is 5.78 Å². The van der Waals surface area contributed by atoms with Crippen LogP contribution in [0.2, 0.25) is 0 Å². The Morgan fingerprint density at radius 1 is 1.07 bits per heavy atom. The molecule has 0 heterocycles. The normalized spacial score (nSPS) is 16.3. The lowest BCUT2D eigenvalue weighted by Crippen LogP contribution is -2.02. The standard InChI is InChI=1S/C13H16O/c1-9-7-8-12-11(10(9)2)5-3-4-6-13(12)14/h7-8H,3-6H2,1-2H3. The lowest BCUT2D eigenvalue weighted by Gasteiger charge is -2.10. The van der Waals surface area contributed by atoms with Crippen LogP contribution in [0.15, 0.2) is 12.1 Å². The van der Waals surface area contributed by atoms with Gasteiger partial charge in [0.05, 0.1) is 0 Å². The van der Waals surface area contributed by atoms with Crippen LogP contribution >= 0.6 is 0 Å². The van der Waals surface area contributed by atoms with Gasteiger partial charge < -0.3 is 0 Å². The molecule has 0 aliphatic heterocycles. The SMILES string of the molecule is Cc1ccc2c(c1C)CCCCC2=O. The highest BCUT2D eigenvalue weighted by atomic mass is 16.1. The number of fused-ring (bicyclic) bond motifs is 1. The molecule has 1 nitrogen and oxygen atoms in total. The van der Waals surface area contributed by atoms with Gasteiger partial charge in [-0.15, -0.1) is 0 Å².